The second kappa shape index (κ2) is 4.42. The Kier molecular flexibility index (Phi) is 2.76. The number of benzene rings is 1. The van der Waals surface area contributed by atoms with E-state index in [0.29, 0.717) is 0 Å². The molecule has 5 heteroatoms. The summed E-state index contributed by atoms with van der Waals surface area (Å²) in [6.45, 7) is 1.90. The van der Waals surface area contributed by atoms with Crippen LogP contribution >= 0.6 is 11.8 Å². The first-order valence-corrected chi connectivity index (χ1v) is 6.76. The smallest absolute Gasteiger partial charge is 0.150 e. The molecule has 0 N–H and O–H groups in total. The molecule has 0 aliphatic heterocycles. The average Bonchev–Trinajstić information content (AvgIpc) is 2.82. The van der Waals surface area contributed by atoms with E-state index >= 15 is 0 Å². The maximum absolute atomic E-state index is 5.28. The molecular weight excluding hydrogens is 246 g/mol. The number of nitrogens with zero attached hydrogens (tertiary/aromatic N) is 3. The molecule has 0 saturated carbocycles. The van der Waals surface area contributed by atoms with Crippen molar-refractivity contribution in [2.24, 2.45) is 0 Å². The Morgan fingerprint density at radius 3 is 2.61 bits per heavy atom. The molecule has 4 nitrogen and oxygen atoms in total. The summed E-state index contributed by atoms with van der Waals surface area (Å²) in [5.74, 6) is 0.772. The molecule has 0 aliphatic carbocycles. The average molecular weight is 257 g/mol. The lowest BCUT2D eigenvalue weighted by Crippen LogP contribution is -1.92. The van der Waals surface area contributed by atoms with Crippen molar-refractivity contribution in [2.45, 2.75) is 11.9 Å². The Balaban J connectivity index is 2.34. The Labute approximate surface area is 108 Å². The molecule has 18 heavy (non-hydrogen) atoms. The molecule has 1 aromatic carbocycles. The first-order chi connectivity index (χ1) is 8.81. The van der Waals surface area contributed by atoms with Gasteiger partial charge in [-0.3, -0.25) is 0 Å². The van der Waals surface area contributed by atoms with Crippen LogP contribution in [0.25, 0.3) is 22.2 Å². The predicted octanol–water partition coefficient (Wildman–Crippen LogP) is 3.32. The third kappa shape index (κ3) is 1.67. The number of fused-ring (bicyclic) bond motifs is 1. The summed E-state index contributed by atoms with van der Waals surface area (Å²) in [6.07, 6.45) is 1.95. The first-order valence-electron chi connectivity index (χ1n) is 5.53. The molecular formula is C13H11N3OS. The van der Waals surface area contributed by atoms with Crippen LogP contribution in [0.1, 0.15) is 5.76 Å². The van der Waals surface area contributed by atoms with Gasteiger partial charge in [-0.1, -0.05) is 35.5 Å². The van der Waals surface area contributed by atoms with E-state index in [1.165, 1.54) is 11.8 Å². The topological polar surface area (TPSA) is 51.8 Å². The fourth-order valence-electron chi connectivity index (χ4n) is 1.93. The molecule has 0 saturated heterocycles. The van der Waals surface area contributed by atoms with Crippen LogP contribution in [-0.4, -0.2) is 21.6 Å². The van der Waals surface area contributed by atoms with E-state index in [9.17, 15) is 0 Å². The molecule has 0 atom stereocenters. The van der Waals surface area contributed by atoms with Crippen LogP contribution in [-0.2, 0) is 0 Å². The van der Waals surface area contributed by atoms with Crippen molar-refractivity contribution in [1.29, 1.82) is 0 Å². The fourth-order valence-corrected chi connectivity index (χ4v) is 2.38. The number of hydrogen-bond donors (Lipinski definition) is 0. The Morgan fingerprint density at radius 2 is 1.89 bits per heavy atom. The summed E-state index contributed by atoms with van der Waals surface area (Å²) in [5, 5.41) is 14.3. The van der Waals surface area contributed by atoms with Crippen LogP contribution in [0.2, 0.25) is 0 Å². The minimum absolute atomic E-state index is 0.772. The Bertz CT molecular complexity index is 694. The van der Waals surface area contributed by atoms with Crippen molar-refractivity contribution in [1.82, 2.24) is 15.4 Å². The quantitative estimate of drug-likeness (QED) is 0.659. The van der Waals surface area contributed by atoms with E-state index in [1.807, 2.05) is 43.5 Å². The van der Waals surface area contributed by atoms with E-state index in [0.717, 1.165) is 32.9 Å². The van der Waals surface area contributed by atoms with Crippen molar-refractivity contribution in [3.8, 4) is 11.3 Å². The summed E-state index contributed by atoms with van der Waals surface area (Å²) >= 11 is 1.52. The van der Waals surface area contributed by atoms with E-state index in [4.69, 9.17) is 4.52 Å². The minimum Gasteiger partial charge on any atom is -0.360 e. The zero-order chi connectivity index (χ0) is 12.5. The molecule has 0 bridgehead atoms. The molecule has 3 aromatic rings. The molecule has 0 spiro atoms. The van der Waals surface area contributed by atoms with Crippen LogP contribution in [0.15, 0.2) is 39.9 Å². The van der Waals surface area contributed by atoms with Gasteiger partial charge in [0.2, 0.25) is 0 Å². The van der Waals surface area contributed by atoms with Gasteiger partial charge in [0, 0.05) is 5.56 Å². The molecule has 0 amide bonds. The van der Waals surface area contributed by atoms with E-state index in [-0.39, 0.29) is 0 Å². The number of aromatic nitrogens is 3. The van der Waals surface area contributed by atoms with E-state index in [2.05, 4.69) is 15.4 Å². The van der Waals surface area contributed by atoms with Gasteiger partial charge in [0.25, 0.3) is 0 Å². The van der Waals surface area contributed by atoms with Crippen LogP contribution < -0.4 is 0 Å². The SMILES string of the molecule is CSc1nnc(-c2ccccc2)c2c(C)onc12. The third-order valence-corrected chi connectivity index (χ3v) is 3.45. The van der Waals surface area contributed by atoms with Gasteiger partial charge in [0.15, 0.2) is 0 Å². The Morgan fingerprint density at radius 1 is 1.11 bits per heavy atom. The van der Waals surface area contributed by atoms with Gasteiger partial charge in [0.1, 0.15) is 22.0 Å². The highest BCUT2D eigenvalue weighted by molar-refractivity contribution is 7.98. The molecule has 90 valence electrons. The van der Waals surface area contributed by atoms with Crippen molar-refractivity contribution >= 4 is 22.7 Å². The maximum atomic E-state index is 5.28. The summed E-state index contributed by atoms with van der Waals surface area (Å²) in [4.78, 5) is 0. The summed E-state index contributed by atoms with van der Waals surface area (Å²) in [7, 11) is 0. The number of rotatable bonds is 2. The minimum atomic E-state index is 0.772. The second-order valence-corrected chi connectivity index (χ2v) is 4.68. The number of hydrogen-bond acceptors (Lipinski definition) is 5. The largest absolute Gasteiger partial charge is 0.360 e. The van der Waals surface area contributed by atoms with E-state index < -0.39 is 0 Å². The summed E-state index contributed by atoms with van der Waals surface area (Å²) in [6, 6.07) is 9.95. The normalized spacial score (nSPS) is 11.0. The second-order valence-electron chi connectivity index (χ2n) is 3.89. The predicted molar refractivity (Wildman–Crippen MR) is 71.6 cm³/mol. The van der Waals surface area contributed by atoms with Gasteiger partial charge in [-0.15, -0.1) is 22.0 Å². The van der Waals surface area contributed by atoms with Gasteiger partial charge in [-0.25, -0.2) is 0 Å². The standard InChI is InChI=1S/C13H11N3OS/c1-8-10-11(9-6-4-3-5-7-9)14-15-13(18-2)12(10)16-17-8/h3-7H,1-2H3. The Hall–Kier alpha value is -1.88. The highest BCUT2D eigenvalue weighted by atomic mass is 32.2. The maximum Gasteiger partial charge on any atom is 0.150 e. The molecule has 0 unspecified atom stereocenters. The van der Waals surface area contributed by atoms with Crippen LogP contribution in [0.3, 0.4) is 0 Å². The lowest BCUT2D eigenvalue weighted by Gasteiger charge is -2.03. The van der Waals surface area contributed by atoms with Gasteiger partial charge in [0.05, 0.1) is 5.39 Å². The zero-order valence-corrected chi connectivity index (χ0v) is 10.9. The molecule has 3 rings (SSSR count). The molecule has 0 aliphatic rings. The van der Waals surface area contributed by atoms with Crippen LogP contribution in [0.4, 0.5) is 0 Å². The van der Waals surface area contributed by atoms with Gasteiger partial charge < -0.3 is 4.52 Å². The van der Waals surface area contributed by atoms with E-state index in [1.54, 1.807) is 0 Å². The van der Waals surface area contributed by atoms with Crippen molar-refractivity contribution in [3.05, 3.63) is 36.1 Å². The van der Waals surface area contributed by atoms with Gasteiger partial charge >= 0.3 is 0 Å². The highest BCUT2D eigenvalue weighted by Crippen LogP contribution is 2.32. The van der Waals surface area contributed by atoms with Crippen molar-refractivity contribution in [2.75, 3.05) is 6.26 Å². The third-order valence-electron chi connectivity index (χ3n) is 2.78. The fraction of sp³-hybridized carbons (Fsp3) is 0.154. The first kappa shape index (κ1) is 11.2. The van der Waals surface area contributed by atoms with Crippen LogP contribution in [0, 0.1) is 6.92 Å². The zero-order valence-electron chi connectivity index (χ0n) is 10.0. The number of aryl methyl sites for hydroxylation is 1. The molecule has 2 heterocycles. The van der Waals surface area contributed by atoms with Crippen molar-refractivity contribution in [3.63, 3.8) is 0 Å². The lowest BCUT2D eigenvalue weighted by atomic mass is 10.1. The molecule has 0 radical (unpaired) electrons. The molecule has 2 aromatic heterocycles. The van der Waals surface area contributed by atoms with Gasteiger partial charge in [-0.2, -0.15) is 0 Å². The van der Waals surface area contributed by atoms with Crippen LogP contribution in [0.5, 0.6) is 0 Å². The summed E-state index contributed by atoms with van der Waals surface area (Å²) < 4.78 is 5.28. The summed E-state index contributed by atoms with van der Waals surface area (Å²) in [5.41, 5.74) is 2.63. The number of thioether (sulfide) groups is 1. The lowest BCUT2D eigenvalue weighted by molar-refractivity contribution is 0.404. The molecule has 0 fully saturated rings. The monoisotopic (exact) mass is 257 g/mol. The highest BCUT2D eigenvalue weighted by Gasteiger charge is 2.16. The van der Waals surface area contributed by atoms with Gasteiger partial charge in [-0.05, 0) is 13.2 Å². The van der Waals surface area contributed by atoms with Crippen molar-refractivity contribution < 1.29 is 4.52 Å².